The molecule has 5 nitrogen and oxygen atoms in total. The number of benzene rings is 2. The van der Waals surface area contributed by atoms with Gasteiger partial charge in [0, 0.05) is 50.0 Å². The van der Waals surface area contributed by atoms with E-state index in [-0.39, 0.29) is 17.4 Å². The summed E-state index contributed by atoms with van der Waals surface area (Å²) in [6, 6.07) is 18.5. The molecule has 154 valence electrons. The van der Waals surface area contributed by atoms with E-state index in [1.54, 1.807) is 13.2 Å². The summed E-state index contributed by atoms with van der Waals surface area (Å²) >= 11 is 0. The number of pyridine rings is 1. The summed E-state index contributed by atoms with van der Waals surface area (Å²) in [5.74, 6) is 0.650. The maximum atomic E-state index is 12.7. The highest BCUT2D eigenvalue weighted by Gasteiger charge is 2.37. The molecule has 1 saturated heterocycles. The van der Waals surface area contributed by atoms with Crippen molar-refractivity contribution in [3.8, 4) is 11.1 Å². The Balaban J connectivity index is 1.56. The predicted octanol–water partition coefficient (Wildman–Crippen LogP) is 3.65. The fourth-order valence-electron chi connectivity index (χ4n) is 5.17. The number of nitrogens with zero attached hydrogens (tertiary/aromatic N) is 2. The zero-order valence-electron chi connectivity index (χ0n) is 17.2. The number of carbonyl (C=O) groups excluding carboxylic acids is 1. The molecule has 0 radical (unpaired) electrons. The first kappa shape index (κ1) is 19.1. The van der Waals surface area contributed by atoms with E-state index in [9.17, 15) is 9.59 Å². The van der Waals surface area contributed by atoms with Crippen molar-refractivity contribution in [1.82, 2.24) is 9.47 Å². The highest BCUT2D eigenvalue weighted by molar-refractivity contribution is 5.87. The van der Waals surface area contributed by atoms with Gasteiger partial charge >= 0.3 is 0 Å². The number of methoxy groups -OCH3 is 1. The Labute approximate surface area is 175 Å². The predicted molar refractivity (Wildman–Crippen MR) is 118 cm³/mol. The van der Waals surface area contributed by atoms with Crippen LogP contribution in [0.1, 0.15) is 24.5 Å². The number of aromatic nitrogens is 1. The van der Waals surface area contributed by atoms with Crippen molar-refractivity contribution in [3.05, 3.63) is 70.6 Å². The van der Waals surface area contributed by atoms with Gasteiger partial charge in [0.05, 0.1) is 13.0 Å². The molecular formula is C25H26N2O3. The first-order valence-electron chi connectivity index (χ1n) is 10.6. The van der Waals surface area contributed by atoms with Gasteiger partial charge in [-0.15, -0.1) is 0 Å². The van der Waals surface area contributed by atoms with E-state index in [1.807, 2.05) is 27.7 Å². The third kappa shape index (κ3) is 3.33. The molecule has 30 heavy (non-hydrogen) atoms. The second kappa shape index (κ2) is 7.73. The lowest BCUT2D eigenvalue weighted by molar-refractivity contribution is -0.134. The van der Waals surface area contributed by atoms with Crippen LogP contribution in [-0.4, -0.2) is 42.2 Å². The van der Waals surface area contributed by atoms with Crippen molar-refractivity contribution in [2.75, 3.05) is 26.8 Å². The van der Waals surface area contributed by atoms with Gasteiger partial charge in [-0.3, -0.25) is 9.59 Å². The highest BCUT2D eigenvalue weighted by atomic mass is 16.5. The SMILES string of the molecule is COCCC(=O)N1CC2CC(C1)c1c(-c3ccc4ccccc4c3)ccc(=O)n1C2. The molecule has 0 saturated carbocycles. The van der Waals surface area contributed by atoms with Gasteiger partial charge < -0.3 is 14.2 Å². The molecule has 2 aliphatic heterocycles. The maximum Gasteiger partial charge on any atom is 0.250 e. The molecule has 1 amide bonds. The Hall–Kier alpha value is -2.92. The Bertz CT molecular complexity index is 1170. The molecule has 0 aliphatic carbocycles. The van der Waals surface area contributed by atoms with Crippen molar-refractivity contribution in [1.29, 1.82) is 0 Å². The molecule has 2 aromatic carbocycles. The molecule has 5 rings (SSSR count). The smallest absolute Gasteiger partial charge is 0.250 e. The van der Waals surface area contributed by atoms with E-state index in [1.165, 1.54) is 10.8 Å². The van der Waals surface area contributed by atoms with Crippen LogP contribution in [0.5, 0.6) is 0 Å². The third-order valence-electron chi connectivity index (χ3n) is 6.52. The van der Waals surface area contributed by atoms with Crippen molar-refractivity contribution >= 4 is 16.7 Å². The molecule has 1 fully saturated rings. The second-order valence-corrected chi connectivity index (χ2v) is 8.48. The Morgan fingerprint density at radius 3 is 2.70 bits per heavy atom. The topological polar surface area (TPSA) is 51.5 Å². The molecule has 2 aliphatic rings. The number of piperidine rings is 1. The lowest BCUT2D eigenvalue weighted by Crippen LogP contribution is -2.49. The third-order valence-corrected chi connectivity index (χ3v) is 6.52. The van der Waals surface area contributed by atoms with Crippen LogP contribution in [0.2, 0.25) is 0 Å². The van der Waals surface area contributed by atoms with Gasteiger partial charge in [-0.2, -0.15) is 0 Å². The lowest BCUT2D eigenvalue weighted by atomic mass is 9.80. The van der Waals surface area contributed by atoms with Crippen LogP contribution >= 0.6 is 0 Å². The van der Waals surface area contributed by atoms with Crippen molar-refractivity contribution < 1.29 is 9.53 Å². The molecule has 3 aromatic rings. The number of hydrogen-bond donors (Lipinski definition) is 0. The van der Waals surface area contributed by atoms with Crippen LogP contribution in [0.15, 0.2) is 59.4 Å². The second-order valence-electron chi connectivity index (χ2n) is 8.48. The normalized spacial score (nSPS) is 20.2. The Morgan fingerprint density at radius 1 is 1.03 bits per heavy atom. The van der Waals surface area contributed by atoms with Gasteiger partial charge in [-0.1, -0.05) is 36.4 Å². The summed E-state index contributed by atoms with van der Waals surface area (Å²) < 4.78 is 7.05. The van der Waals surface area contributed by atoms with E-state index in [0.29, 0.717) is 32.0 Å². The molecular weight excluding hydrogens is 376 g/mol. The fourth-order valence-corrected chi connectivity index (χ4v) is 5.17. The van der Waals surface area contributed by atoms with Crippen LogP contribution in [0.25, 0.3) is 21.9 Å². The average Bonchev–Trinajstić information content (AvgIpc) is 2.77. The lowest BCUT2D eigenvalue weighted by Gasteiger charge is -2.43. The molecule has 5 heteroatoms. The molecule has 1 aromatic heterocycles. The van der Waals surface area contributed by atoms with E-state index in [4.69, 9.17) is 4.74 Å². The fraction of sp³-hybridized carbons (Fsp3) is 0.360. The number of likely N-dealkylation sites (tertiary alicyclic amines) is 1. The summed E-state index contributed by atoms with van der Waals surface area (Å²) in [6.07, 6.45) is 1.44. The quantitative estimate of drug-likeness (QED) is 0.669. The van der Waals surface area contributed by atoms with Crippen molar-refractivity contribution in [3.63, 3.8) is 0 Å². The van der Waals surface area contributed by atoms with Crippen molar-refractivity contribution in [2.45, 2.75) is 25.3 Å². The number of carbonyl (C=O) groups is 1. The summed E-state index contributed by atoms with van der Waals surface area (Å²) in [7, 11) is 1.62. The average molecular weight is 402 g/mol. The van der Waals surface area contributed by atoms with Gasteiger partial charge in [-0.25, -0.2) is 0 Å². The van der Waals surface area contributed by atoms with E-state index in [2.05, 4.69) is 30.3 Å². The van der Waals surface area contributed by atoms with Crippen molar-refractivity contribution in [2.24, 2.45) is 5.92 Å². The van der Waals surface area contributed by atoms with Crippen LogP contribution in [-0.2, 0) is 16.1 Å². The van der Waals surface area contributed by atoms with Gasteiger partial charge in [0.1, 0.15) is 0 Å². The zero-order chi connectivity index (χ0) is 20.7. The van der Waals surface area contributed by atoms with E-state index < -0.39 is 0 Å². The molecule has 3 heterocycles. The van der Waals surface area contributed by atoms with Crippen LogP contribution < -0.4 is 5.56 Å². The number of rotatable bonds is 4. The number of ether oxygens (including phenoxy) is 1. The summed E-state index contributed by atoms with van der Waals surface area (Å²) in [4.78, 5) is 27.3. The zero-order valence-corrected chi connectivity index (χ0v) is 17.2. The minimum atomic E-state index is 0.0587. The van der Waals surface area contributed by atoms with Crippen LogP contribution in [0.3, 0.4) is 0 Å². The van der Waals surface area contributed by atoms with Gasteiger partial charge in [0.2, 0.25) is 5.91 Å². The summed E-state index contributed by atoms with van der Waals surface area (Å²) in [5, 5.41) is 2.39. The minimum absolute atomic E-state index is 0.0587. The van der Waals surface area contributed by atoms with Gasteiger partial charge in [0.15, 0.2) is 0 Å². The molecule has 2 bridgehead atoms. The largest absolute Gasteiger partial charge is 0.384 e. The molecule has 0 N–H and O–H groups in total. The van der Waals surface area contributed by atoms with Gasteiger partial charge in [0.25, 0.3) is 5.56 Å². The molecule has 0 spiro atoms. The number of fused-ring (bicyclic) bond motifs is 5. The van der Waals surface area contributed by atoms with E-state index in [0.717, 1.165) is 29.8 Å². The first-order chi connectivity index (χ1) is 14.6. The number of amides is 1. The Kier molecular flexibility index (Phi) is 4.91. The minimum Gasteiger partial charge on any atom is -0.384 e. The van der Waals surface area contributed by atoms with E-state index >= 15 is 0 Å². The highest BCUT2D eigenvalue weighted by Crippen LogP contribution is 2.40. The molecule has 2 unspecified atom stereocenters. The molecule has 2 atom stereocenters. The first-order valence-corrected chi connectivity index (χ1v) is 10.6. The monoisotopic (exact) mass is 402 g/mol. The summed E-state index contributed by atoms with van der Waals surface area (Å²) in [6.45, 7) is 2.53. The van der Waals surface area contributed by atoms with Gasteiger partial charge in [-0.05, 0) is 40.8 Å². The maximum absolute atomic E-state index is 12.7. The van der Waals surface area contributed by atoms with Crippen LogP contribution in [0.4, 0.5) is 0 Å². The standard InChI is InChI=1S/C25H26N2O3/c1-30-11-10-23(28)26-14-17-12-21(16-26)25-22(8-9-24(29)27(25)15-17)20-7-6-18-4-2-3-5-19(18)13-20/h2-9,13,17,21H,10-12,14-16H2,1H3. The number of hydrogen-bond acceptors (Lipinski definition) is 3. The Morgan fingerprint density at radius 2 is 1.87 bits per heavy atom. The van der Waals surface area contributed by atoms with Crippen LogP contribution in [0, 0.1) is 5.92 Å². The summed E-state index contributed by atoms with van der Waals surface area (Å²) in [5.41, 5.74) is 3.37.